The number of nitrogens with zero attached hydrogens (tertiary/aromatic N) is 1. The Hall–Kier alpha value is -2.42. The van der Waals surface area contributed by atoms with Gasteiger partial charge in [0.1, 0.15) is 0 Å². The van der Waals surface area contributed by atoms with Gasteiger partial charge in [-0.1, -0.05) is 23.7 Å². The molecule has 2 aromatic carbocycles. The lowest BCUT2D eigenvalue weighted by molar-refractivity contribution is 0.102. The molecule has 3 rings (SSSR count). The molecule has 0 radical (unpaired) electrons. The molecule has 0 spiro atoms. The molecule has 1 heterocycles. The topological polar surface area (TPSA) is 88.2 Å². The van der Waals surface area contributed by atoms with Crippen molar-refractivity contribution in [2.75, 3.05) is 16.3 Å². The third kappa shape index (κ3) is 4.81. The molecular weight excluding hydrogens is 394 g/mol. The molecule has 0 aliphatic rings. The van der Waals surface area contributed by atoms with Crippen molar-refractivity contribution >= 4 is 49.7 Å². The highest BCUT2D eigenvalue weighted by molar-refractivity contribution is 7.92. The van der Waals surface area contributed by atoms with Crippen molar-refractivity contribution in [3.63, 3.8) is 0 Å². The molecule has 6 nitrogen and oxygen atoms in total. The van der Waals surface area contributed by atoms with Crippen LogP contribution in [0, 0.1) is 0 Å². The molecule has 26 heavy (non-hydrogen) atoms. The summed E-state index contributed by atoms with van der Waals surface area (Å²) in [5, 5.41) is 5.59. The van der Waals surface area contributed by atoms with Crippen LogP contribution < -0.4 is 10.0 Å². The van der Waals surface area contributed by atoms with Crippen LogP contribution in [0.15, 0.2) is 53.9 Å². The van der Waals surface area contributed by atoms with Crippen LogP contribution in [0.25, 0.3) is 11.3 Å². The number of hydrogen-bond donors (Lipinski definition) is 2. The minimum Gasteiger partial charge on any atom is -0.298 e. The molecule has 3 aromatic rings. The number of sulfonamides is 1. The Kier molecular flexibility index (Phi) is 5.26. The number of halogens is 1. The summed E-state index contributed by atoms with van der Waals surface area (Å²) in [7, 11) is -3.31. The van der Waals surface area contributed by atoms with Crippen molar-refractivity contribution in [1.82, 2.24) is 4.98 Å². The average Bonchev–Trinajstić information content (AvgIpc) is 3.03. The van der Waals surface area contributed by atoms with Crippen LogP contribution in [0.3, 0.4) is 0 Å². The molecule has 0 atom stereocenters. The van der Waals surface area contributed by atoms with E-state index in [1.54, 1.807) is 48.5 Å². The second-order valence-corrected chi connectivity index (χ2v) is 8.49. The van der Waals surface area contributed by atoms with Crippen LogP contribution in [-0.4, -0.2) is 25.6 Å². The summed E-state index contributed by atoms with van der Waals surface area (Å²) >= 11 is 7.12. The van der Waals surface area contributed by atoms with E-state index in [9.17, 15) is 13.2 Å². The lowest BCUT2D eigenvalue weighted by Gasteiger charge is -2.04. The van der Waals surface area contributed by atoms with E-state index in [0.29, 0.717) is 27.1 Å². The molecule has 0 bridgehead atoms. The summed E-state index contributed by atoms with van der Waals surface area (Å²) in [6.45, 7) is 0. The van der Waals surface area contributed by atoms with Gasteiger partial charge in [0, 0.05) is 27.2 Å². The van der Waals surface area contributed by atoms with Crippen molar-refractivity contribution in [2.45, 2.75) is 0 Å². The Balaban J connectivity index is 1.71. The van der Waals surface area contributed by atoms with Crippen molar-refractivity contribution in [2.24, 2.45) is 0 Å². The fourth-order valence-electron chi connectivity index (χ4n) is 2.16. The molecule has 0 unspecified atom stereocenters. The quantitative estimate of drug-likeness (QED) is 0.666. The van der Waals surface area contributed by atoms with Gasteiger partial charge in [-0.25, -0.2) is 13.4 Å². The number of aromatic nitrogens is 1. The van der Waals surface area contributed by atoms with E-state index in [1.807, 2.05) is 5.38 Å². The fraction of sp³-hybridized carbons (Fsp3) is 0.0588. The SMILES string of the molecule is CS(=O)(=O)Nc1ccc(-c2csc(NC(=O)c3ccc(Cl)cc3)n2)cc1. The number of nitrogens with one attached hydrogen (secondary N) is 2. The van der Waals surface area contributed by atoms with Crippen molar-refractivity contribution in [3.8, 4) is 11.3 Å². The smallest absolute Gasteiger partial charge is 0.257 e. The van der Waals surface area contributed by atoms with Crippen molar-refractivity contribution < 1.29 is 13.2 Å². The number of amides is 1. The molecule has 134 valence electrons. The second kappa shape index (κ2) is 7.45. The lowest BCUT2D eigenvalue weighted by Crippen LogP contribution is -2.11. The maximum absolute atomic E-state index is 12.2. The van der Waals surface area contributed by atoms with Crippen LogP contribution in [0.5, 0.6) is 0 Å². The van der Waals surface area contributed by atoms with Gasteiger partial charge in [0.25, 0.3) is 5.91 Å². The van der Waals surface area contributed by atoms with Crippen LogP contribution >= 0.6 is 22.9 Å². The highest BCUT2D eigenvalue weighted by Crippen LogP contribution is 2.26. The Bertz CT molecular complexity index is 1030. The Labute approximate surface area is 159 Å². The highest BCUT2D eigenvalue weighted by Gasteiger charge is 2.10. The normalized spacial score (nSPS) is 11.2. The minimum atomic E-state index is -3.31. The van der Waals surface area contributed by atoms with Gasteiger partial charge in [0.05, 0.1) is 11.9 Å². The zero-order valence-electron chi connectivity index (χ0n) is 13.6. The maximum atomic E-state index is 12.2. The summed E-state index contributed by atoms with van der Waals surface area (Å²) in [6.07, 6.45) is 1.09. The third-order valence-electron chi connectivity index (χ3n) is 3.31. The molecule has 9 heteroatoms. The number of carbonyl (C=O) groups is 1. The van der Waals surface area contributed by atoms with Gasteiger partial charge in [0.15, 0.2) is 5.13 Å². The van der Waals surface area contributed by atoms with Gasteiger partial charge in [-0.15, -0.1) is 11.3 Å². The Morgan fingerprint density at radius 2 is 1.73 bits per heavy atom. The van der Waals surface area contributed by atoms with Gasteiger partial charge < -0.3 is 0 Å². The number of rotatable bonds is 5. The molecule has 0 saturated carbocycles. The first-order valence-electron chi connectivity index (χ1n) is 7.41. The first-order chi connectivity index (χ1) is 12.3. The summed E-state index contributed by atoms with van der Waals surface area (Å²) in [5.41, 5.74) is 2.46. The monoisotopic (exact) mass is 407 g/mol. The average molecular weight is 408 g/mol. The number of anilines is 2. The maximum Gasteiger partial charge on any atom is 0.257 e. The van der Waals surface area contributed by atoms with Gasteiger partial charge in [-0.2, -0.15) is 0 Å². The second-order valence-electron chi connectivity index (χ2n) is 5.45. The first-order valence-corrected chi connectivity index (χ1v) is 10.6. The lowest BCUT2D eigenvalue weighted by atomic mass is 10.1. The molecule has 0 fully saturated rings. The zero-order valence-corrected chi connectivity index (χ0v) is 16.0. The predicted octanol–water partition coefficient (Wildman–Crippen LogP) is 4.09. The van der Waals surface area contributed by atoms with Gasteiger partial charge in [-0.05, 0) is 36.4 Å². The van der Waals surface area contributed by atoms with E-state index in [2.05, 4.69) is 15.0 Å². The number of thiazole rings is 1. The van der Waals surface area contributed by atoms with E-state index in [1.165, 1.54) is 11.3 Å². The predicted molar refractivity (Wildman–Crippen MR) is 105 cm³/mol. The van der Waals surface area contributed by atoms with E-state index in [4.69, 9.17) is 11.6 Å². The molecule has 1 amide bonds. The Morgan fingerprint density at radius 3 is 2.35 bits per heavy atom. The molecule has 1 aromatic heterocycles. The molecule has 0 aliphatic carbocycles. The van der Waals surface area contributed by atoms with Gasteiger partial charge in [0.2, 0.25) is 10.0 Å². The number of hydrogen-bond acceptors (Lipinski definition) is 5. The van der Waals surface area contributed by atoms with E-state index in [-0.39, 0.29) is 5.91 Å². The first kappa shape index (κ1) is 18.4. The van der Waals surface area contributed by atoms with E-state index < -0.39 is 10.0 Å². The summed E-state index contributed by atoms with van der Waals surface area (Å²) < 4.78 is 24.9. The Morgan fingerprint density at radius 1 is 1.08 bits per heavy atom. The zero-order chi connectivity index (χ0) is 18.7. The van der Waals surface area contributed by atoms with Crippen LogP contribution in [0.4, 0.5) is 10.8 Å². The van der Waals surface area contributed by atoms with Crippen LogP contribution in [-0.2, 0) is 10.0 Å². The van der Waals surface area contributed by atoms with Crippen LogP contribution in [0.2, 0.25) is 5.02 Å². The summed E-state index contributed by atoms with van der Waals surface area (Å²) in [6, 6.07) is 13.4. The standard InChI is InChI=1S/C17H14ClN3O3S2/c1-26(23,24)21-14-8-4-11(5-9-14)15-10-25-17(19-15)20-16(22)12-2-6-13(18)7-3-12/h2-10,21H,1H3,(H,19,20,22). The van der Waals surface area contributed by atoms with Crippen molar-refractivity contribution in [1.29, 1.82) is 0 Å². The largest absolute Gasteiger partial charge is 0.298 e. The molecule has 2 N–H and O–H groups in total. The summed E-state index contributed by atoms with van der Waals surface area (Å²) in [5.74, 6) is -0.268. The third-order valence-corrected chi connectivity index (χ3v) is 4.93. The molecule has 0 saturated heterocycles. The van der Waals surface area contributed by atoms with E-state index >= 15 is 0 Å². The highest BCUT2D eigenvalue weighted by atomic mass is 35.5. The van der Waals surface area contributed by atoms with Gasteiger partial charge >= 0.3 is 0 Å². The van der Waals surface area contributed by atoms with E-state index in [0.717, 1.165) is 11.8 Å². The summed E-state index contributed by atoms with van der Waals surface area (Å²) in [4.78, 5) is 16.6. The van der Waals surface area contributed by atoms with Crippen molar-refractivity contribution in [3.05, 3.63) is 64.5 Å². The fourth-order valence-corrected chi connectivity index (χ4v) is 3.56. The molecule has 0 aliphatic heterocycles. The van der Waals surface area contributed by atoms with Crippen LogP contribution in [0.1, 0.15) is 10.4 Å². The molecular formula is C17H14ClN3O3S2. The number of carbonyl (C=O) groups excluding carboxylic acids is 1. The van der Waals surface area contributed by atoms with Gasteiger partial charge in [-0.3, -0.25) is 14.8 Å². The minimum absolute atomic E-state index is 0.268. The number of benzene rings is 2.